The number of ether oxygens (including phenoxy) is 1. The molecule has 0 heterocycles. The molecule has 22 heavy (non-hydrogen) atoms. The van der Waals surface area contributed by atoms with Crippen molar-refractivity contribution < 1.29 is 9.53 Å². The normalized spacial score (nSPS) is 9.91. The van der Waals surface area contributed by atoms with E-state index in [4.69, 9.17) is 10.00 Å². The number of hydrogen-bond acceptors (Lipinski definition) is 3. The van der Waals surface area contributed by atoms with E-state index in [1.807, 2.05) is 39.0 Å². The Labute approximate surface area is 130 Å². The minimum Gasteiger partial charge on any atom is -0.483 e. The quantitative estimate of drug-likeness (QED) is 0.938. The Hall–Kier alpha value is -2.80. The van der Waals surface area contributed by atoms with Crippen LogP contribution in [0.2, 0.25) is 0 Å². The molecular weight excluding hydrogens is 276 g/mol. The second kappa shape index (κ2) is 6.77. The Morgan fingerprint density at radius 2 is 1.86 bits per heavy atom. The molecule has 0 aliphatic heterocycles. The summed E-state index contributed by atoms with van der Waals surface area (Å²) in [6.45, 7) is 5.88. The van der Waals surface area contributed by atoms with Crippen molar-refractivity contribution in [3.05, 3.63) is 58.7 Å². The Balaban J connectivity index is 2.00. The van der Waals surface area contributed by atoms with E-state index in [2.05, 4.69) is 5.32 Å². The fourth-order valence-electron chi connectivity index (χ4n) is 2.40. The van der Waals surface area contributed by atoms with E-state index in [1.54, 1.807) is 24.3 Å². The molecule has 2 aromatic rings. The van der Waals surface area contributed by atoms with Crippen molar-refractivity contribution >= 4 is 11.6 Å². The summed E-state index contributed by atoms with van der Waals surface area (Å²) in [5, 5.41) is 11.6. The smallest absolute Gasteiger partial charge is 0.262 e. The number of carbonyl (C=O) groups is 1. The lowest BCUT2D eigenvalue weighted by Crippen LogP contribution is -2.20. The average molecular weight is 294 g/mol. The summed E-state index contributed by atoms with van der Waals surface area (Å²) in [6.07, 6.45) is 0. The van der Waals surface area contributed by atoms with Gasteiger partial charge in [0.05, 0.1) is 11.6 Å². The number of hydrogen-bond donors (Lipinski definition) is 1. The Kier molecular flexibility index (Phi) is 4.80. The van der Waals surface area contributed by atoms with Gasteiger partial charge in [-0.05, 0) is 50.1 Å². The lowest BCUT2D eigenvalue weighted by Gasteiger charge is -2.13. The predicted octanol–water partition coefficient (Wildman–Crippen LogP) is 3.50. The first-order valence-corrected chi connectivity index (χ1v) is 7.00. The molecule has 2 aromatic carbocycles. The first-order chi connectivity index (χ1) is 10.5. The van der Waals surface area contributed by atoms with Gasteiger partial charge in [0.25, 0.3) is 5.91 Å². The van der Waals surface area contributed by atoms with Gasteiger partial charge in [0.2, 0.25) is 0 Å². The fourth-order valence-corrected chi connectivity index (χ4v) is 2.40. The van der Waals surface area contributed by atoms with Crippen LogP contribution in [0, 0.1) is 32.1 Å². The van der Waals surface area contributed by atoms with Crippen molar-refractivity contribution in [2.75, 3.05) is 11.9 Å². The SMILES string of the molecule is Cc1cc(C)c(OCC(=O)Nc2cccc(C#N)c2)c(C)c1. The molecule has 0 fully saturated rings. The maximum absolute atomic E-state index is 12.0. The fraction of sp³-hybridized carbons (Fsp3) is 0.222. The monoisotopic (exact) mass is 294 g/mol. The summed E-state index contributed by atoms with van der Waals surface area (Å²) >= 11 is 0. The molecule has 2 rings (SSSR count). The van der Waals surface area contributed by atoms with Gasteiger partial charge in [-0.1, -0.05) is 23.8 Å². The maximum Gasteiger partial charge on any atom is 0.262 e. The summed E-state index contributed by atoms with van der Waals surface area (Å²) in [7, 11) is 0. The predicted molar refractivity (Wildman–Crippen MR) is 85.9 cm³/mol. The third kappa shape index (κ3) is 3.86. The molecule has 1 N–H and O–H groups in total. The number of aryl methyl sites for hydroxylation is 3. The van der Waals surface area contributed by atoms with Gasteiger partial charge in [-0.15, -0.1) is 0 Å². The molecule has 0 unspecified atom stereocenters. The van der Waals surface area contributed by atoms with Crippen LogP contribution in [0.25, 0.3) is 0 Å². The summed E-state index contributed by atoms with van der Waals surface area (Å²) in [4.78, 5) is 12.0. The number of anilines is 1. The van der Waals surface area contributed by atoms with Crippen molar-refractivity contribution in [1.82, 2.24) is 0 Å². The Morgan fingerprint density at radius 1 is 1.18 bits per heavy atom. The van der Waals surface area contributed by atoms with Crippen molar-refractivity contribution in [3.63, 3.8) is 0 Å². The largest absolute Gasteiger partial charge is 0.483 e. The number of carbonyl (C=O) groups excluding carboxylic acids is 1. The molecule has 0 atom stereocenters. The molecular formula is C18H18N2O2. The van der Waals surface area contributed by atoms with Crippen molar-refractivity contribution in [1.29, 1.82) is 5.26 Å². The number of nitrogens with one attached hydrogen (secondary N) is 1. The minimum atomic E-state index is -0.255. The lowest BCUT2D eigenvalue weighted by atomic mass is 10.1. The van der Waals surface area contributed by atoms with E-state index < -0.39 is 0 Å². The summed E-state index contributed by atoms with van der Waals surface area (Å²) < 4.78 is 5.64. The van der Waals surface area contributed by atoms with Gasteiger partial charge in [-0.2, -0.15) is 5.26 Å². The number of nitriles is 1. The van der Waals surface area contributed by atoms with E-state index in [9.17, 15) is 4.79 Å². The minimum absolute atomic E-state index is 0.0679. The van der Waals surface area contributed by atoms with Gasteiger partial charge in [0.15, 0.2) is 6.61 Å². The number of rotatable bonds is 4. The Bertz CT molecular complexity index is 722. The Morgan fingerprint density at radius 3 is 2.50 bits per heavy atom. The van der Waals surface area contributed by atoms with Gasteiger partial charge in [0, 0.05) is 5.69 Å². The van der Waals surface area contributed by atoms with Gasteiger partial charge in [-0.3, -0.25) is 4.79 Å². The lowest BCUT2D eigenvalue weighted by molar-refractivity contribution is -0.118. The highest BCUT2D eigenvalue weighted by Gasteiger charge is 2.09. The second-order valence-corrected chi connectivity index (χ2v) is 5.26. The van der Waals surface area contributed by atoms with Crippen LogP contribution >= 0.6 is 0 Å². The number of benzene rings is 2. The van der Waals surface area contributed by atoms with Crippen LogP contribution in [0.5, 0.6) is 5.75 Å². The van der Waals surface area contributed by atoms with Gasteiger partial charge in [0.1, 0.15) is 5.75 Å². The molecule has 0 aromatic heterocycles. The van der Waals surface area contributed by atoms with Crippen molar-refractivity contribution in [3.8, 4) is 11.8 Å². The first kappa shape index (κ1) is 15.6. The molecule has 0 saturated carbocycles. The highest BCUT2D eigenvalue weighted by atomic mass is 16.5. The van der Waals surface area contributed by atoms with E-state index >= 15 is 0 Å². The van der Waals surface area contributed by atoms with Crippen LogP contribution in [0.3, 0.4) is 0 Å². The van der Waals surface area contributed by atoms with E-state index in [-0.39, 0.29) is 12.5 Å². The molecule has 1 amide bonds. The zero-order chi connectivity index (χ0) is 16.1. The second-order valence-electron chi connectivity index (χ2n) is 5.26. The standard InChI is InChI=1S/C18H18N2O2/c1-12-7-13(2)18(14(3)8-12)22-11-17(21)20-16-6-4-5-15(9-16)10-19/h4-9H,11H2,1-3H3,(H,20,21). The molecule has 112 valence electrons. The van der Waals surface area contributed by atoms with E-state index in [0.29, 0.717) is 11.3 Å². The molecule has 0 spiro atoms. The van der Waals surface area contributed by atoms with E-state index in [1.165, 1.54) is 5.56 Å². The molecule has 4 heteroatoms. The third-order valence-corrected chi connectivity index (χ3v) is 3.23. The zero-order valence-electron chi connectivity index (χ0n) is 12.9. The molecule has 0 aliphatic rings. The number of nitrogens with zero attached hydrogens (tertiary/aromatic N) is 1. The highest BCUT2D eigenvalue weighted by Crippen LogP contribution is 2.24. The van der Waals surface area contributed by atoms with Crippen LogP contribution in [0.15, 0.2) is 36.4 Å². The summed E-state index contributed by atoms with van der Waals surface area (Å²) in [5.41, 5.74) is 4.28. The maximum atomic E-state index is 12.0. The van der Waals surface area contributed by atoms with Crippen molar-refractivity contribution in [2.24, 2.45) is 0 Å². The van der Waals surface area contributed by atoms with Crippen LogP contribution in [0.4, 0.5) is 5.69 Å². The highest BCUT2D eigenvalue weighted by molar-refractivity contribution is 5.92. The van der Waals surface area contributed by atoms with Gasteiger partial charge in [-0.25, -0.2) is 0 Å². The van der Waals surface area contributed by atoms with Gasteiger partial charge >= 0.3 is 0 Å². The summed E-state index contributed by atoms with van der Waals surface area (Å²) in [6, 6.07) is 12.9. The molecule has 0 aliphatic carbocycles. The average Bonchev–Trinajstić information content (AvgIpc) is 2.46. The van der Waals surface area contributed by atoms with Crippen LogP contribution < -0.4 is 10.1 Å². The zero-order valence-corrected chi connectivity index (χ0v) is 12.9. The third-order valence-electron chi connectivity index (χ3n) is 3.23. The van der Waals surface area contributed by atoms with Crippen molar-refractivity contribution in [2.45, 2.75) is 20.8 Å². The molecule has 0 saturated heterocycles. The first-order valence-electron chi connectivity index (χ1n) is 7.00. The number of amides is 1. The van der Waals surface area contributed by atoms with Crippen LogP contribution in [-0.4, -0.2) is 12.5 Å². The van der Waals surface area contributed by atoms with Crippen LogP contribution in [-0.2, 0) is 4.79 Å². The van der Waals surface area contributed by atoms with E-state index in [0.717, 1.165) is 16.9 Å². The molecule has 0 bridgehead atoms. The summed E-state index contributed by atoms with van der Waals surface area (Å²) in [5.74, 6) is 0.487. The van der Waals surface area contributed by atoms with Crippen LogP contribution in [0.1, 0.15) is 22.3 Å². The molecule has 4 nitrogen and oxygen atoms in total. The topological polar surface area (TPSA) is 62.1 Å². The van der Waals surface area contributed by atoms with Gasteiger partial charge < -0.3 is 10.1 Å². The molecule has 0 radical (unpaired) electrons.